The van der Waals surface area contributed by atoms with Crippen LogP contribution in [0.2, 0.25) is 0 Å². The molecule has 10 aromatic carbocycles. The van der Waals surface area contributed by atoms with Crippen LogP contribution >= 0.6 is 0 Å². The molecule has 1 nitrogen and oxygen atoms in total. The second kappa shape index (κ2) is 13.5. The average molecular weight is 778 g/mol. The second-order valence-corrected chi connectivity index (χ2v) is 17.2. The first-order valence-electron chi connectivity index (χ1n) is 21.4. The van der Waals surface area contributed by atoms with Crippen LogP contribution in [0.1, 0.15) is 47.2 Å². The number of nitrogens with zero attached hydrogens (tertiary/aromatic N) is 1. The van der Waals surface area contributed by atoms with Crippen LogP contribution in [-0.2, 0) is 10.8 Å². The van der Waals surface area contributed by atoms with Gasteiger partial charge < -0.3 is 4.90 Å². The van der Waals surface area contributed by atoms with E-state index >= 15 is 0 Å². The topological polar surface area (TPSA) is 3.24 Å². The average Bonchev–Trinajstić information content (AvgIpc) is 3.62. The van der Waals surface area contributed by atoms with Crippen molar-refractivity contribution < 1.29 is 0 Å². The quantitative estimate of drug-likeness (QED) is 0.168. The molecular weight excluding hydrogens is 735 g/mol. The summed E-state index contributed by atoms with van der Waals surface area (Å²) in [6.07, 6.45) is 0. The Morgan fingerprint density at radius 2 is 0.738 bits per heavy atom. The molecule has 0 amide bonds. The van der Waals surface area contributed by atoms with Crippen molar-refractivity contribution in [2.24, 2.45) is 0 Å². The van der Waals surface area contributed by atoms with Gasteiger partial charge in [0.05, 0.1) is 11.1 Å². The molecular formula is C60H43N. The summed E-state index contributed by atoms with van der Waals surface area (Å²) < 4.78 is 0. The Balaban J connectivity index is 1.02. The highest BCUT2D eigenvalue weighted by molar-refractivity contribution is 6.01. The molecule has 0 saturated heterocycles. The molecule has 0 heterocycles. The van der Waals surface area contributed by atoms with Gasteiger partial charge in [-0.05, 0) is 113 Å². The predicted molar refractivity (Wildman–Crippen MR) is 256 cm³/mol. The van der Waals surface area contributed by atoms with E-state index in [1.54, 1.807) is 0 Å². The van der Waals surface area contributed by atoms with E-state index in [-0.39, 0.29) is 5.41 Å². The number of anilines is 3. The molecule has 1 heteroatoms. The maximum atomic E-state index is 2.41. The summed E-state index contributed by atoms with van der Waals surface area (Å²) in [5.41, 5.74) is 18.6. The summed E-state index contributed by atoms with van der Waals surface area (Å²) in [5, 5.41) is 4.95. The van der Waals surface area contributed by atoms with Crippen LogP contribution in [0.25, 0.3) is 54.9 Å². The number of hydrogen-bond acceptors (Lipinski definition) is 1. The molecule has 0 aliphatic heterocycles. The first-order chi connectivity index (χ1) is 30.0. The minimum absolute atomic E-state index is 0.129. The molecule has 12 rings (SSSR count). The lowest BCUT2D eigenvalue weighted by atomic mass is 9.55. The van der Waals surface area contributed by atoms with Crippen LogP contribution in [0.5, 0.6) is 0 Å². The first kappa shape index (κ1) is 35.5. The highest BCUT2D eigenvalue weighted by Gasteiger charge is 2.53. The van der Waals surface area contributed by atoms with Crippen LogP contribution in [0.15, 0.2) is 224 Å². The zero-order valence-corrected chi connectivity index (χ0v) is 34.3. The van der Waals surface area contributed by atoms with Crippen LogP contribution in [0, 0.1) is 0 Å². The van der Waals surface area contributed by atoms with Crippen molar-refractivity contribution in [3.05, 3.63) is 258 Å². The van der Waals surface area contributed by atoms with Crippen LogP contribution in [0.3, 0.4) is 0 Å². The molecule has 1 spiro atoms. The lowest BCUT2D eigenvalue weighted by Gasteiger charge is -2.46. The normalized spacial score (nSPS) is 14.0. The summed E-state index contributed by atoms with van der Waals surface area (Å²) in [6, 6.07) is 83.4. The number of fused-ring (bicyclic) bond motifs is 11. The third-order valence-corrected chi connectivity index (χ3v) is 13.7. The number of benzene rings is 10. The smallest absolute Gasteiger partial charge is 0.0719 e. The monoisotopic (exact) mass is 777 g/mol. The maximum absolute atomic E-state index is 2.41. The van der Waals surface area contributed by atoms with Gasteiger partial charge in [0, 0.05) is 22.2 Å². The predicted octanol–water partition coefficient (Wildman–Crippen LogP) is 15.8. The molecule has 0 bridgehead atoms. The Bertz CT molecular complexity index is 3270. The van der Waals surface area contributed by atoms with E-state index in [0.29, 0.717) is 0 Å². The van der Waals surface area contributed by atoms with Gasteiger partial charge in [-0.1, -0.05) is 208 Å². The maximum Gasteiger partial charge on any atom is 0.0719 e. The van der Waals surface area contributed by atoms with Gasteiger partial charge in [0.1, 0.15) is 0 Å². The van der Waals surface area contributed by atoms with Crippen LogP contribution in [0.4, 0.5) is 17.1 Å². The van der Waals surface area contributed by atoms with E-state index in [4.69, 9.17) is 0 Å². The van der Waals surface area contributed by atoms with Crippen molar-refractivity contribution in [3.63, 3.8) is 0 Å². The third-order valence-electron chi connectivity index (χ3n) is 13.7. The molecule has 10 aromatic rings. The molecule has 0 aromatic heterocycles. The van der Waals surface area contributed by atoms with E-state index < -0.39 is 5.41 Å². The van der Waals surface area contributed by atoms with E-state index in [9.17, 15) is 0 Å². The van der Waals surface area contributed by atoms with E-state index in [1.165, 1.54) is 88.3 Å². The number of hydrogen-bond donors (Lipinski definition) is 0. The molecule has 0 fully saturated rings. The Hall–Kier alpha value is -7.48. The zero-order chi connectivity index (χ0) is 40.7. The molecule has 0 unspecified atom stereocenters. The molecule has 61 heavy (non-hydrogen) atoms. The molecule has 0 N–H and O–H groups in total. The van der Waals surface area contributed by atoms with Crippen molar-refractivity contribution in [1.82, 2.24) is 0 Å². The second-order valence-electron chi connectivity index (χ2n) is 17.2. The highest BCUT2D eigenvalue weighted by atomic mass is 15.1. The van der Waals surface area contributed by atoms with Gasteiger partial charge in [-0.3, -0.25) is 0 Å². The Morgan fingerprint density at radius 1 is 0.311 bits per heavy atom. The summed E-state index contributed by atoms with van der Waals surface area (Å²) in [7, 11) is 0. The minimum Gasteiger partial charge on any atom is -0.310 e. The van der Waals surface area contributed by atoms with E-state index in [0.717, 1.165) is 17.1 Å². The van der Waals surface area contributed by atoms with Crippen molar-refractivity contribution in [1.29, 1.82) is 0 Å². The molecule has 0 saturated carbocycles. The van der Waals surface area contributed by atoms with Gasteiger partial charge in [0.15, 0.2) is 0 Å². The number of rotatable bonds is 5. The molecule has 288 valence electrons. The zero-order valence-electron chi connectivity index (χ0n) is 34.3. The minimum atomic E-state index is -0.423. The van der Waals surface area contributed by atoms with Crippen molar-refractivity contribution in [2.75, 3.05) is 4.90 Å². The highest BCUT2D eigenvalue weighted by Crippen LogP contribution is 2.63. The summed E-state index contributed by atoms with van der Waals surface area (Å²) >= 11 is 0. The van der Waals surface area contributed by atoms with Gasteiger partial charge in [0.25, 0.3) is 0 Å². The molecule has 2 aliphatic carbocycles. The Labute approximate surface area is 357 Å². The fourth-order valence-electron chi connectivity index (χ4n) is 11.0. The van der Waals surface area contributed by atoms with Crippen LogP contribution in [-0.4, -0.2) is 0 Å². The fourth-order valence-corrected chi connectivity index (χ4v) is 11.0. The van der Waals surface area contributed by atoms with Gasteiger partial charge in [-0.25, -0.2) is 0 Å². The Morgan fingerprint density at radius 3 is 1.39 bits per heavy atom. The first-order valence-corrected chi connectivity index (χ1v) is 21.4. The van der Waals surface area contributed by atoms with Gasteiger partial charge in [0.2, 0.25) is 0 Å². The van der Waals surface area contributed by atoms with E-state index in [2.05, 4.69) is 243 Å². The SMILES string of the molecule is CC1(C)c2ccccc2C2(c3ccccc3-c3c(-c4ccc(N(c5ccc(-c6cccc7ccccc67)cc5)c5cccc6ccccc56)cc4)cccc32)c2ccccc21. The summed E-state index contributed by atoms with van der Waals surface area (Å²) in [5.74, 6) is 0. The van der Waals surface area contributed by atoms with E-state index in [1.807, 2.05) is 0 Å². The van der Waals surface area contributed by atoms with Gasteiger partial charge in [-0.15, -0.1) is 0 Å². The summed E-state index contributed by atoms with van der Waals surface area (Å²) in [4.78, 5) is 2.41. The van der Waals surface area contributed by atoms with Crippen LogP contribution < -0.4 is 4.90 Å². The van der Waals surface area contributed by atoms with Gasteiger partial charge in [-0.2, -0.15) is 0 Å². The summed E-state index contributed by atoms with van der Waals surface area (Å²) in [6.45, 7) is 4.77. The lowest BCUT2D eigenvalue weighted by molar-refractivity contribution is 0.563. The van der Waals surface area contributed by atoms with Gasteiger partial charge >= 0.3 is 0 Å². The largest absolute Gasteiger partial charge is 0.310 e. The molecule has 0 atom stereocenters. The standard InChI is InChI=1S/C60H43N/c1-59(2)52-26-9-11-28-54(52)60(55-29-12-10-27-53(55)59)51-25-8-7-22-50(51)58-49(24-15-30-56(58)60)43-34-38-45(39-35-43)61(57-31-14-19-41-17-4-6-21-48(41)57)44-36-32-42(33-37-44)47-23-13-18-40-16-3-5-20-46(40)47/h3-39H,1-2H3. The van der Waals surface area contributed by atoms with Crippen molar-refractivity contribution >= 4 is 38.6 Å². The molecule has 2 aliphatic rings. The van der Waals surface area contributed by atoms with Crippen molar-refractivity contribution in [2.45, 2.75) is 24.7 Å². The lowest BCUT2D eigenvalue weighted by Crippen LogP contribution is -2.40. The Kier molecular flexibility index (Phi) is 7.86. The third kappa shape index (κ3) is 5.14. The molecule has 0 radical (unpaired) electrons. The fraction of sp³-hybridized carbons (Fsp3) is 0.0667. The van der Waals surface area contributed by atoms with Crippen molar-refractivity contribution in [3.8, 4) is 33.4 Å².